The van der Waals surface area contributed by atoms with E-state index in [0.29, 0.717) is 5.41 Å². The number of hydrogen-bond acceptors (Lipinski definition) is 1. The molecule has 1 heterocycles. The van der Waals surface area contributed by atoms with E-state index in [9.17, 15) is 0 Å². The molecular formula is C24H45N. The van der Waals surface area contributed by atoms with E-state index in [0.717, 1.165) is 5.92 Å². The summed E-state index contributed by atoms with van der Waals surface area (Å²) in [5.41, 5.74) is 1.69. The van der Waals surface area contributed by atoms with Crippen molar-refractivity contribution in [1.82, 2.24) is 4.98 Å². The summed E-state index contributed by atoms with van der Waals surface area (Å²) in [7, 11) is 0. The Morgan fingerprint density at radius 3 is 1.16 bits per heavy atom. The van der Waals surface area contributed by atoms with Gasteiger partial charge >= 0.3 is 0 Å². The molecule has 0 bridgehead atoms. The minimum Gasteiger partial charge on any atom is -0.265 e. The van der Waals surface area contributed by atoms with Crippen LogP contribution >= 0.6 is 0 Å². The Hall–Kier alpha value is -1.63. The van der Waals surface area contributed by atoms with Crippen molar-refractivity contribution in [2.45, 2.75) is 82.1 Å². The van der Waals surface area contributed by atoms with Crippen LogP contribution in [-0.4, -0.2) is 4.98 Å². The Labute approximate surface area is 159 Å². The van der Waals surface area contributed by atoms with Gasteiger partial charge in [0, 0.05) is 12.4 Å². The molecule has 1 heteroatoms. The van der Waals surface area contributed by atoms with Crippen molar-refractivity contribution in [2.75, 3.05) is 0 Å². The third-order valence-electron chi connectivity index (χ3n) is 2.21. The molecule has 0 fully saturated rings. The maximum absolute atomic E-state index is 3.78. The quantitative estimate of drug-likeness (QED) is 0.466. The molecule has 146 valence electrons. The fraction of sp³-hybridized carbons (Fsp3) is 0.542. The first-order chi connectivity index (χ1) is 11.3. The average Bonchev–Trinajstić information content (AvgIpc) is 2.60. The van der Waals surface area contributed by atoms with Crippen molar-refractivity contribution in [3.63, 3.8) is 0 Å². The van der Waals surface area contributed by atoms with Crippen LogP contribution in [0.15, 0.2) is 60.9 Å². The maximum atomic E-state index is 3.78. The number of rotatable bonds is 0. The predicted octanol–water partition coefficient (Wildman–Crippen LogP) is 8.42. The predicted molar refractivity (Wildman–Crippen MR) is 119 cm³/mol. The molecule has 0 spiro atoms. The lowest BCUT2D eigenvalue weighted by molar-refractivity contribution is 0.590. The summed E-state index contributed by atoms with van der Waals surface area (Å²) < 4.78 is 0. The van der Waals surface area contributed by atoms with Gasteiger partial charge in [0.15, 0.2) is 0 Å². The third kappa shape index (κ3) is 27.5. The molecule has 0 aliphatic carbocycles. The second-order valence-corrected chi connectivity index (χ2v) is 6.37. The molecule has 2 aromatic rings. The van der Waals surface area contributed by atoms with E-state index in [-0.39, 0.29) is 7.43 Å². The van der Waals surface area contributed by atoms with Crippen molar-refractivity contribution in [1.29, 1.82) is 0 Å². The highest BCUT2D eigenvalue weighted by atomic mass is 14.6. The minimum absolute atomic E-state index is 0. The lowest BCUT2D eigenvalue weighted by Gasteiger charge is -2.18. The van der Waals surface area contributed by atoms with E-state index in [2.05, 4.69) is 76.9 Å². The van der Waals surface area contributed by atoms with E-state index in [1.165, 1.54) is 5.56 Å². The summed E-state index contributed by atoms with van der Waals surface area (Å²) in [4.78, 5) is 3.78. The van der Waals surface area contributed by atoms with E-state index >= 15 is 0 Å². The lowest BCUT2D eigenvalue weighted by atomic mass is 9.87. The molecule has 0 saturated carbocycles. The summed E-state index contributed by atoms with van der Waals surface area (Å²) in [6.45, 7) is 21.2. The third-order valence-corrected chi connectivity index (χ3v) is 2.21. The van der Waals surface area contributed by atoms with Gasteiger partial charge in [0.05, 0.1) is 0 Å². The van der Waals surface area contributed by atoms with Crippen LogP contribution in [0, 0.1) is 5.92 Å². The largest absolute Gasteiger partial charge is 0.265 e. The highest BCUT2D eigenvalue weighted by Crippen LogP contribution is 2.20. The Kier molecular flexibility index (Phi) is 27.9. The Morgan fingerprint density at radius 2 is 1.00 bits per heavy atom. The molecule has 0 unspecified atom stereocenters. The summed E-state index contributed by atoms with van der Waals surface area (Å²) in [6.07, 6.45) is 3.50. The molecule has 0 saturated heterocycles. The van der Waals surface area contributed by atoms with E-state index < -0.39 is 0 Å². The van der Waals surface area contributed by atoms with Crippen LogP contribution in [0.4, 0.5) is 0 Å². The van der Waals surface area contributed by atoms with Gasteiger partial charge in [0.25, 0.3) is 0 Å². The average molecular weight is 348 g/mol. The van der Waals surface area contributed by atoms with E-state index in [1.807, 2.05) is 45.9 Å². The zero-order chi connectivity index (χ0) is 19.4. The first kappa shape index (κ1) is 31.2. The number of nitrogens with zero attached hydrogens (tertiary/aromatic N) is 1. The maximum Gasteiger partial charge on any atom is 0.0267 e. The van der Waals surface area contributed by atoms with Crippen molar-refractivity contribution in [2.24, 2.45) is 5.92 Å². The van der Waals surface area contributed by atoms with E-state index in [1.54, 1.807) is 12.4 Å². The molecule has 0 aliphatic rings. The van der Waals surface area contributed by atoms with Crippen molar-refractivity contribution in [3.8, 4) is 0 Å². The number of aromatic nitrogens is 1. The van der Waals surface area contributed by atoms with Crippen molar-refractivity contribution < 1.29 is 0 Å². The summed E-state index contributed by atoms with van der Waals surface area (Å²) >= 11 is 0. The molecule has 2 rings (SSSR count). The standard InChI is InChI=1S/C10H14.C5H5N.C4H10.2C2H6.CH4/c1-10(2,3)9-7-5-4-6-8-9;1-2-4-6-5-3-1;1-4(2)3;2*1-2;/h4-8H,1-3H3;1-5H;4H,1-3H3;2*1-2H3;1H4. The Bertz CT molecular complexity index is 383. The molecule has 0 atom stereocenters. The van der Waals surface area contributed by atoms with Crippen LogP contribution in [0.5, 0.6) is 0 Å². The van der Waals surface area contributed by atoms with Gasteiger partial charge in [-0.2, -0.15) is 0 Å². The topological polar surface area (TPSA) is 12.9 Å². The van der Waals surface area contributed by atoms with Gasteiger partial charge < -0.3 is 0 Å². The van der Waals surface area contributed by atoms with Crippen LogP contribution in [0.1, 0.15) is 82.2 Å². The Morgan fingerprint density at radius 1 is 0.680 bits per heavy atom. The monoisotopic (exact) mass is 347 g/mol. The summed E-state index contributed by atoms with van der Waals surface area (Å²) in [6, 6.07) is 16.3. The zero-order valence-corrected chi connectivity index (χ0v) is 17.8. The second-order valence-electron chi connectivity index (χ2n) is 6.37. The molecule has 0 radical (unpaired) electrons. The van der Waals surface area contributed by atoms with Crippen LogP contribution < -0.4 is 0 Å². The number of hydrogen-bond donors (Lipinski definition) is 0. The molecule has 1 aromatic heterocycles. The van der Waals surface area contributed by atoms with Crippen LogP contribution in [0.2, 0.25) is 0 Å². The van der Waals surface area contributed by atoms with Gasteiger partial charge in [-0.1, -0.05) is 113 Å². The molecule has 1 nitrogen and oxygen atoms in total. The number of pyridine rings is 1. The van der Waals surface area contributed by atoms with Gasteiger partial charge in [-0.25, -0.2) is 0 Å². The molecular weight excluding hydrogens is 302 g/mol. The molecule has 0 aliphatic heterocycles. The lowest BCUT2D eigenvalue weighted by Crippen LogP contribution is -2.10. The highest BCUT2D eigenvalue weighted by molar-refractivity contribution is 5.21. The first-order valence-corrected chi connectivity index (χ1v) is 9.24. The van der Waals surface area contributed by atoms with Crippen LogP contribution in [0.25, 0.3) is 0 Å². The Balaban J connectivity index is -0.000000127. The number of benzene rings is 1. The fourth-order valence-corrected chi connectivity index (χ4v) is 1.25. The van der Waals surface area contributed by atoms with E-state index in [4.69, 9.17) is 0 Å². The van der Waals surface area contributed by atoms with Gasteiger partial charge in [-0.15, -0.1) is 0 Å². The fourth-order valence-electron chi connectivity index (χ4n) is 1.25. The highest BCUT2D eigenvalue weighted by Gasteiger charge is 2.11. The van der Waals surface area contributed by atoms with Gasteiger partial charge in [0.2, 0.25) is 0 Å². The summed E-state index contributed by atoms with van der Waals surface area (Å²) in [5.74, 6) is 0.833. The second kappa shape index (κ2) is 22.4. The van der Waals surface area contributed by atoms with Crippen molar-refractivity contribution in [3.05, 3.63) is 66.5 Å². The minimum atomic E-state index is 0. The van der Waals surface area contributed by atoms with Gasteiger partial charge in [0.1, 0.15) is 0 Å². The smallest absolute Gasteiger partial charge is 0.0267 e. The van der Waals surface area contributed by atoms with Crippen molar-refractivity contribution >= 4 is 0 Å². The SMILES string of the molecule is C.CC.CC.CC(C)(C)c1ccccc1.CC(C)C.c1ccncc1. The molecule has 1 aromatic carbocycles. The van der Waals surface area contributed by atoms with Crippen LogP contribution in [-0.2, 0) is 5.41 Å². The zero-order valence-electron chi connectivity index (χ0n) is 17.8. The van der Waals surface area contributed by atoms with Crippen LogP contribution in [0.3, 0.4) is 0 Å². The normalized spacial score (nSPS) is 8.44. The van der Waals surface area contributed by atoms with Gasteiger partial charge in [-0.3, -0.25) is 4.98 Å². The van der Waals surface area contributed by atoms with Gasteiger partial charge in [-0.05, 0) is 29.0 Å². The molecule has 25 heavy (non-hydrogen) atoms. The molecule has 0 amide bonds. The first-order valence-electron chi connectivity index (χ1n) is 9.24. The summed E-state index contributed by atoms with van der Waals surface area (Å²) in [5, 5.41) is 0. The molecule has 0 N–H and O–H groups in total.